The van der Waals surface area contributed by atoms with Crippen LogP contribution in [0.15, 0.2) is 0 Å². The second kappa shape index (κ2) is 6.89. The lowest BCUT2D eigenvalue weighted by Gasteiger charge is -2.25. The summed E-state index contributed by atoms with van der Waals surface area (Å²) in [6.07, 6.45) is 4.74. The average molecular weight is 227 g/mol. The number of ether oxygens (including phenoxy) is 1. The van der Waals surface area contributed by atoms with E-state index >= 15 is 0 Å². The van der Waals surface area contributed by atoms with E-state index in [0.717, 1.165) is 18.8 Å². The predicted octanol–water partition coefficient (Wildman–Crippen LogP) is 2.35. The van der Waals surface area contributed by atoms with Gasteiger partial charge in [0.2, 0.25) is 5.91 Å². The molecule has 1 fully saturated rings. The summed E-state index contributed by atoms with van der Waals surface area (Å²) in [5.74, 6) is 1.27. The fourth-order valence-corrected chi connectivity index (χ4v) is 2.14. The van der Waals surface area contributed by atoms with Crippen molar-refractivity contribution in [2.24, 2.45) is 11.8 Å². The molecule has 3 heteroatoms. The number of hydrogen-bond acceptors (Lipinski definition) is 2. The van der Waals surface area contributed by atoms with Crippen molar-refractivity contribution in [2.45, 2.75) is 52.6 Å². The fraction of sp³-hybridized carbons (Fsp3) is 0.923. The first-order valence-corrected chi connectivity index (χ1v) is 6.49. The van der Waals surface area contributed by atoms with Crippen LogP contribution in [0, 0.1) is 11.8 Å². The van der Waals surface area contributed by atoms with Crippen LogP contribution < -0.4 is 5.32 Å². The summed E-state index contributed by atoms with van der Waals surface area (Å²) >= 11 is 0. The molecule has 16 heavy (non-hydrogen) atoms. The smallest absolute Gasteiger partial charge is 0.223 e. The van der Waals surface area contributed by atoms with Gasteiger partial charge in [-0.25, -0.2) is 0 Å². The van der Waals surface area contributed by atoms with Crippen LogP contribution in [-0.4, -0.2) is 25.2 Å². The molecule has 0 aromatic heterocycles. The monoisotopic (exact) mass is 227 g/mol. The molecule has 1 N–H and O–H groups in total. The molecule has 0 saturated heterocycles. The molecular formula is C13H25NO2. The van der Waals surface area contributed by atoms with Gasteiger partial charge in [0.25, 0.3) is 0 Å². The molecule has 0 aromatic rings. The minimum atomic E-state index is 0.222. The Bertz CT molecular complexity index is 208. The molecule has 0 aliphatic heterocycles. The van der Waals surface area contributed by atoms with Crippen LogP contribution in [0.2, 0.25) is 0 Å². The van der Waals surface area contributed by atoms with E-state index in [2.05, 4.69) is 12.2 Å². The van der Waals surface area contributed by atoms with E-state index in [4.69, 9.17) is 4.74 Å². The van der Waals surface area contributed by atoms with Gasteiger partial charge in [-0.05, 0) is 45.4 Å². The lowest BCUT2D eigenvalue weighted by atomic mass is 9.82. The van der Waals surface area contributed by atoms with E-state index in [0.29, 0.717) is 13.2 Å². The first-order valence-electron chi connectivity index (χ1n) is 6.49. The standard InChI is InChI=1S/C13H25NO2/c1-10(2)16-9-8-14-13(15)12-6-4-11(3)5-7-12/h10-12H,4-9H2,1-3H3,(H,14,15). The van der Waals surface area contributed by atoms with Gasteiger partial charge in [0.1, 0.15) is 0 Å². The molecular weight excluding hydrogens is 202 g/mol. The molecule has 1 aliphatic rings. The second-order valence-corrected chi connectivity index (χ2v) is 5.17. The van der Waals surface area contributed by atoms with Gasteiger partial charge in [0.15, 0.2) is 0 Å². The maximum Gasteiger partial charge on any atom is 0.223 e. The van der Waals surface area contributed by atoms with E-state index in [1.165, 1.54) is 12.8 Å². The SMILES string of the molecule is CC1CCC(C(=O)NCCOC(C)C)CC1. The van der Waals surface area contributed by atoms with Crippen molar-refractivity contribution in [2.75, 3.05) is 13.2 Å². The van der Waals surface area contributed by atoms with Crippen molar-refractivity contribution in [1.29, 1.82) is 0 Å². The Morgan fingerprint density at radius 2 is 1.94 bits per heavy atom. The Labute approximate surface area is 98.9 Å². The Morgan fingerprint density at radius 3 is 2.50 bits per heavy atom. The number of amides is 1. The van der Waals surface area contributed by atoms with Gasteiger partial charge in [-0.2, -0.15) is 0 Å². The van der Waals surface area contributed by atoms with Gasteiger partial charge in [0.05, 0.1) is 12.7 Å². The Hall–Kier alpha value is -0.570. The minimum absolute atomic E-state index is 0.222. The summed E-state index contributed by atoms with van der Waals surface area (Å²) in [5, 5.41) is 2.96. The number of carbonyl (C=O) groups is 1. The van der Waals surface area contributed by atoms with Gasteiger partial charge >= 0.3 is 0 Å². The second-order valence-electron chi connectivity index (χ2n) is 5.17. The third-order valence-corrected chi connectivity index (χ3v) is 3.24. The highest BCUT2D eigenvalue weighted by Gasteiger charge is 2.23. The van der Waals surface area contributed by atoms with Crippen molar-refractivity contribution >= 4 is 5.91 Å². The van der Waals surface area contributed by atoms with Crippen LogP contribution in [0.1, 0.15) is 46.5 Å². The molecule has 0 aromatic carbocycles. The van der Waals surface area contributed by atoms with Gasteiger partial charge in [-0.3, -0.25) is 4.79 Å². The molecule has 1 rings (SSSR count). The van der Waals surface area contributed by atoms with Crippen molar-refractivity contribution in [3.8, 4) is 0 Å². The van der Waals surface area contributed by atoms with Crippen molar-refractivity contribution in [3.05, 3.63) is 0 Å². The van der Waals surface area contributed by atoms with Gasteiger partial charge in [-0.1, -0.05) is 6.92 Å². The van der Waals surface area contributed by atoms with E-state index in [1.807, 2.05) is 13.8 Å². The quantitative estimate of drug-likeness (QED) is 0.732. The Kier molecular flexibility index (Phi) is 5.81. The Morgan fingerprint density at radius 1 is 1.31 bits per heavy atom. The lowest BCUT2D eigenvalue weighted by Crippen LogP contribution is -2.35. The molecule has 0 unspecified atom stereocenters. The summed E-state index contributed by atoms with van der Waals surface area (Å²) in [5.41, 5.74) is 0. The molecule has 0 spiro atoms. The molecule has 1 aliphatic carbocycles. The lowest BCUT2D eigenvalue weighted by molar-refractivity contribution is -0.126. The third kappa shape index (κ3) is 4.97. The summed E-state index contributed by atoms with van der Waals surface area (Å²) in [7, 11) is 0. The molecule has 3 nitrogen and oxygen atoms in total. The largest absolute Gasteiger partial charge is 0.377 e. The van der Waals surface area contributed by atoms with Gasteiger partial charge < -0.3 is 10.1 Å². The zero-order chi connectivity index (χ0) is 12.0. The minimum Gasteiger partial charge on any atom is -0.377 e. The van der Waals surface area contributed by atoms with Crippen LogP contribution in [0.4, 0.5) is 0 Å². The first kappa shape index (κ1) is 13.5. The number of nitrogens with one attached hydrogen (secondary N) is 1. The van der Waals surface area contributed by atoms with E-state index in [1.54, 1.807) is 0 Å². The maximum atomic E-state index is 11.8. The summed E-state index contributed by atoms with van der Waals surface area (Å²) < 4.78 is 5.38. The van der Waals surface area contributed by atoms with Crippen LogP contribution in [0.5, 0.6) is 0 Å². The van der Waals surface area contributed by atoms with Crippen LogP contribution in [-0.2, 0) is 9.53 Å². The van der Waals surface area contributed by atoms with E-state index in [-0.39, 0.29) is 17.9 Å². The third-order valence-electron chi connectivity index (χ3n) is 3.24. The fourth-order valence-electron chi connectivity index (χ4n) is 2.14. The topological polar surface area (TPSA) is 38.3 Å². The highest BCUT2D eigenvalue weighted by molar-refractivity contribution is 5.78. The summed E-state index contributed by atoms with van der Waals surface area (Å²) in [4.78, 5) is 11.8. The molecule has 1 amide bonds. The van der Waals surface area contributed by atoms with Crippen LogP contribution in [0.25, 0.3) is 0 Å². The highest BCUT2D eigenvalue weighted by Crippen LogP contribution is 2.28. The first-order chi connectivity index (χ1) is 7.59. The van der Waals surface area contributed by atoms with E-state index < -0.39 is 0 Å². The zero-order valence-corrected chi connectivity index (χ0v) is 10.8. The average Bonchev–Trinajstić information content (AvgIpc) is 2.25. The maximum absolute atomic E-state index is 11.8. The normalized spacial score (nSPS) is 25.8. The number of carbonyl (C=O) groups excluding carboxylic acids is 1. The Balaban J connectivity index is 2.10. The molecule has 0 bridgehead atoms. The van der Waals surface area contributed by atoms with E-state index in [9.17, 15) is 4.79 Å². The van der Waals surface area contributed by atoms with Crippen molar-refractivity contribution in [3.63, 3.8) is 0 Å². The van der Waals surface area contributed by atoms with Gasteiger partial charge in [-0.15, -0.1) is 0 Å². The zero-order valence-electron chi connectivity index (χ0n) is 10.8. The van der Waals surface area contributed by atoms with Crippen molar-refractivity contribution in [1.82, 2.24) is 5.32 Å². The van der Waals surface area contributed by atoms with Gasteiger partial charge in [0, 0.05) is 12.5 Å². The van der Waals surface area contributed by atoms with Crippen LogP contribution in [0.3, 0.4) is 0 Å². The van der Waals surface area contributed by atoms with Crippen LogP contribution >= 0.6 is 0 Å². The summed E-state index contributed by atoms with van der Waals surface area (Å²) in [6, 6.07) is 0. The summed E-state index contributed by atoms with van der Waals surface area (Å²) in [6.45, 7) is 7.54. The van der Waals surface area contributed by atoms with Crippen molar-refractivity contribution < 1.29 is 9.53 Å². The molecule has 94 valence electrons. The molecule has 1 saturated carbocycles. The number of hydrogen-bond donors (Lipinski definition) is 1. The highest BCUT2D eigenvalue weighted by atomic mass is 16.5. The molecule has 0 radical (unpaired) electrons. The molecule has 0 heterocycles. The predicted molar refractivity (Wildman–Crippen MR) is 65.2 cm³/mol. The molecule has 0 atom stereocenters. The number of rotatable bonds is 5.